The number of rotatable bonds is 8. The van der Waals surface area contributed by atoms with Crippen molar-refractivity contribution < 1.29 is 13.2 Å². The first-order valence-electron chi connectivity index (χ1n) is 5.63. The van der Waals surface area contributed by atoms with Gasteiger partial charge in [-0.2, -0.15) is 0 Å². The number of ether oxygens (including phenoxy) is 1. The molecule has 0 radical (unpaired) electrons. The summed E-state index contributed by atoms with van der Waals surface area (Å²) >= 11 is 0. The number of sulfonamides is 1. The first-order chi connectivity index (χ1) is 8.55. The molecule has 0 aromatic carbocycles. The van der Waals surface area contributed by atoms with Gasteiger partial charge in [0.15, 0.2) is 0 Å². The second-order valence-corrected chi connectivity index (χ2v) is 5.74. The van der Waals surface area contributed by atoms with Crippen LogP contribution in [0.25, 0.3) is 0 Å². The molecule has 0 spiro atoms. The van der Waals surface area contributed by atoms with Crippen LogP contribution in [-0.4, -0.2) is 53.0 Å². The van der Waals surface area contributed by atoms with Crippen LogP contribution in [0.1, 0.15) is 0 Å². The average Bonchev–Trinajstić information content (AvgIpc) is 2.37. The topological polar surface area (TPSA) is 71.5 Å². The van der Waals surface area contributed by atoms with E-state index in [1.54, 1.807) is 6.20 Å². The maximum absolute atomic E-state index is 11.5. The SMILES string of the molecule is COCCS(=O)(=O)NCCN(C)c1ccccn1. The van der Waals surface area contributed by atoms with E-state index in [1.165, 1.54) is 7.11 Å². The fourth-order valence-electron chi connectivity index (χ4n) is 1.33. The number of pyridine rings is 1. The highest BCUT2D eigenvalue weighted by molar-refractivity contribution is 7.89. The summed E-state index contributed by atoms with van der Waals surface area (Å²) in [5.74, 6) is 0.796. The van der Waals surface area contributed by atoms with Gasteiger partial charge in [-0.3, -0.25) is 0 Å². The molecule has 0 aliphatic heterocycles. The van der Waals surface area contributed by atoms with Crippen LogP contribution in [0.5, 0.6) is 0 Å². The van der Waals surface area contributed by atoms with Crippen molar-refractivity contribution in [1.82, 2.24) is 9.71 Å². The standard InChI is InChI=1S/C11H19N3O3S/c1-14(11-5-3-4-6-12-11)8-7-13-18(15,16)10-9-17-2/h3-6,13H,7-10H2,1-2H3. The molecule has 102 valence electrons. The Labute approximate surface area is 108 Å². The maximum Gasteiger partial charge on any atom is 0.213 e. The van der Waals surface area contributed by atoms with E-state index in [0.717, 1.165) is 5.82 Å². The van der Waals surface area contributed by atoms with Crippen LogP contribution in [0.15, 0.2) is 24.4 Å². The second kappa shape index (κ2) is 7.30. The Kier molecular flexibility index (Phi) is 6.03. The molecule has 0 unspecified atom stereocenters. The summed E-state index contributed by atoms with van der Waals surface area (Å²) in [5.41, 5.74) is 0. The lowest BCUT2D eigenvalue weighted by Gasteiger charge is -2.18. The summed E-state index contributed by atoms with van der Waals surface area (Å²) in [7, 11) is 0.0997. The number of aromatic nitrogens is 1. The molecular weight excluding hydrogens is 254 g/mol. The van der Waals surface area contributed by atoms with Crippen LogP contribution in [0.3, 0.4) is 0 Å². The van der Waals surface area contributed by atoms with Crippen molar-refractivity contribution in [1.29, 1.82) is 0 Å². The van der Waals surface area contributed by atoms with Crippen LogP contribution in [-0.2, 0) is 14.8 Å². The number of nitrogens with zero attached hydrogens (tertiary/aromatic N) is 2. The Morgan fingerprint density at radius 3 is 2.83 bits per heavy atom. The van der Waals surface area contributed by atoms with Crippen molar-refractivity contribution >= 4 is 15.8 Å². The monoisotopic (exact) mass is 273 g/mol. The Hall–Kier alpha value is -1.18. The van der Waals surface area contributed by atoms with Gasteiger partial charge < -0.3 is 9.64 Å². The lowest BCUT2D eigenvalue weighted by molar-refractivity contribution is 0.217. The molecular formula is C11H19N3O3S. The van der Waals surface area contributed by atoms with Crippen molar-refractivity contribution in [2.75, 3.05) is 44.5 Å². The summed E-state index contributed by atoms with van der Waals surface area (Å²) in [4.78, 5) is 6.06. The first-order valence-corrected chi connectivity index (χ1v) is 7.29. The largest absolute Gasteiger partial charge is 0.384 e. The van der Waals surface area contributed by atoms with E-state index in [9.17, 15) is 8.42 Å². The van der Waals surface area contributed by atoms with Crippen LogP contribution < -0.4 is 9.62 Å². The fourth-order valence-corrected chi connectivity index (χ4v) is 2.26. The van der Waals surface area contributed by atoms with Crippen LogP contribution in [0.4, 0.5) is 5.82 Å². The number of hydrogen-bond donors (Lipinski definition) is 1. The van der Waals surface area contributed by atoms with Gasteiger partial charge in [-0.05, 0) is 12.1 Å². The number of anilines is 1. The highest BCUT2D eigenvalue weighted by Gasteiger charge is 2.09. The molecule has 0 saturated carbocycles. The number of likely N-dealkylation sites (N-methyl/N-ethyl adjacent to an activating group) is 1. The predicted molar refractivity (Wildman–Crippen MR) is 71.2 cm³/mol. The van der Waals surface area contributed by atoms with E-state index < -0.39 is 10.0 Å². The van der Waals surface area contributed by atoms with Gasteiger partial charge in [-0.1, -0.05) is 6.07 Å². The van der Waals surface area contributed by atoms with Gasteiger partial charge in [0, 0.05) is 33.4 Å². The Bertz CT molecular complexity index is 436. The molecule has 1 N–H and O–H groups in total. The van der Waals surface area contributed by atoms with Crippen molar-refractivity contribution in [3.05, 3.63) is 24.4 Å². The molecule has 7 heteroatoms. The van der Waals surface area contributed by atoms with E-state index >= 15 is 0 Å². The van der Waals surface area contributed by atoms with Crippen LogP contribution in [0.2, 0.25) is 0 Å². The predicted octanol–water partition coefficient (Wildman–Crippen LogP) is 0.0836. The quantitative estimate of drug-likeness (QED) is 0.726. The lowest BCUT2D eigenvalue weighted by atomic mass is 10.4. The van der Waals surface area contributed by atoms with Gasteiger partial charge in [-0.15, -0.1) is 0 Å². The fraction of sp³-hybridized carbons (Fsp3) is 0.545. The van der Waals surface area contributed by atoms with Gasteiger partial charge in [-0.25, -0.2) is 18.1 Å². The Morgan fingerprint density at radius 2 is 2.22 bits per heavy atom. The van der Waals surface area contributed by atoms with E-state index in [4.69, 9.17) is 4.74 Å². The molecule has 0 bridgehead atoms. The summed E-state index contributed by atoms with van der Waals surface area (Å²) in [6.07, 6.45) is 1.70. The Balaban J connectivity index is 2.34. The molecule has 0 fully saturated rings. The molecule has 1 rings (SSSR count). The first kappa shape index (κ1) is 14.9. The van der Waals surface area contributed by atoms with E-state index in [-0.39, 0.29) is 12.4 Å². The van der Waals surface area contributed by atoms with Crippen molar-refractivity contribution in [3.63, 3.8) is 0 Å². The summed E-state index contributed by atoms with van der Waals surface area (Å²) < 4.78 is 30.2. The zero-order valence-corrected chi connectivity index (χ0v) is 11.5. The van der Waals surface area contributed by atoms with E-state index in [2.05, 4.69) is 9.71 Å². The Morgan fingerprint density at radius 1 is 1.44 bits per heavy atom. The second-order valence-electron chi connectivity index (χ2n) is 3.82. The van der Waals surface area contributed by atoms with E-state index in [0.29, 0.717) is 13.1 Å². The van der Waals surface area contributed by atoms with Gasteiger partial charge in [0.25, 0.3) is 0 Å². The van der Waals surface area contributed by atoms with Gasteiger partial charge in [0.1, 0.15) is 5.82 Å². The van der Waals surface area contributed by atoms with Gasteiger partial charge >= 0.3 is 0 Å². The molecule has 0 amide bonds. The average molecular weight is 273 g/mol. The lowest BCUT2D eigenvalue weighted by Crippen LogP contribution is -2.35. The molecule has 1 heterocycles. The molecule has 0 saturated heterocycles. The summed E-state index contributed by atoms with van der Waals surface area (Å²) in [5, 5.41) is 0. The van der Waals surface area contributed by atoms with E-state index in [1.807, 2.05) is 30.1 Å². The molecule has 0 aliphatic rings. The number of nitrogens with one attached hydrogen (secondary N) is 1. The smallest absolute Gasteiger partial charge is 0.213 e. The third-order valence-corrected chi connectivity index (χ3v) is 3.71. The molecule has 6 nitrogen and oxygen atoms in total. The maximum atomic E-state index is 11.5. The minimum atomic E-state index is -3.24. The minimum Gasteiger partial charge on any atom is -0.384 e. The van der Waals surface area contributed by atoms with Gasteiger partial charge in [0.2, 0.25) is 10.0 Å². The third-order valence-electron chi connectivity index (χ3n) is 2.37. The molecule has 0 aliphatic carbocycles. The summed E-state index contributed by atoms with van der Waals surface area (Å²) in [6.45, 7) is 1.10. The highest BCUT2D eigenvalue weighted by atomic mass is 32.2. The minimum absolute atomic E-state index is 0.0171. The van der Waals surface area contributed by atoms with Crippen molar-refractivity contribution in [2.45, 2.75) is 0 Å². The van der Waals surface area contributed by atoms with Crippen molar-refractivity contribution in [2.24, 2.45) is 0 Å². The molecule has 0 atom stereocenters. The third kappa shape index (κ3) is 5.44. The van der Waals surface area contributed by atoms with Gasteiger partial charge in [0.05, 0.1) is 12.4 Å². The molecule has 1 aromatic heterocycles. The number of hydrogen-bond acceptors (Lipinski definition) is 5. The highest BCUT2D eigenvalue weighted by Crippen LogP contribution is 2.05. The normalized spacial score (nSPS) is 11.4. The van der Waals surface area contributed by atoms with Crippen LogP contribution >= 0.6 is 0 Å². The summed E-state index contributed by atoms with van der Waals surface area (Å²) in [6, 6.07) is 5.60. The zero-order chi connectivity index (χ0) is 13.4. The van der Waals surface area contributed by atoms with Crippen molar-refractivity contribution in [3.8, 4) is 0 Å². The zero-order valence-electron chi connectivity index (χ0n) is 10.7. The number of methoxy groups -OCH3 is 1. The molecule has 1 aromatic rings. The molecule has 18 heavy (non-hydrogen) atoms. The van der Waals surface area contributed by atoms with Crippen LogP contribution in [0, 0.1) is 0 Å².